The van der Waals surface area contributed by atoms with E-state index in [-0.39, 0.29) is 0 Å². The SMILES string of the molecule is Clc1nc2ncccc2n2cncc12. The van der Waals surface area contributed by atoms with Crippen LogP contribution in [0.2, 0.25) is 5.15 Å². The maximum absolute atomic E-state index is 5.97. The lowest BCUT2D eigenvalue weighted by atomic mass is 10.4. The van der Waals surface area contributed by atoms with Gasteiger partial charge in [-0.1, -0.05) is 11.6 Å². The lowest BCUT2D eigenvalue weighted by molar-refractivity contribution is 1.16. The number of rotatable bonds is 0. The van der Waals surface area contributed by atoms with Gasteiger partial charge in [-0.15, -0.1) is 0 Å². The van der Waals surface area contributed by atoms with Gasteiger partial charge in [-0.2, -0.15) is 0 Å². The highest BCUT2D eigenvalue weighted by Gasteiger charge is 2.06. The monoisotopic (exact) mass is 204 g/mol. The van der Waals surface area contributed by atoms with Gasteiger partial charge in [0.1, 0.15) is 5.52 Å². The summed E-state index contributed by atoms with van der Waals surface area (Å²) in [5.41, 5.74) is 2.33. The summed E-state index contributed by atoms with van der Waals surface area (Å²) < 4.78 is 1.87. The lowest BCUT2D eigenvalue weighted by Gasteiger charge is -2.00. The van der Waals surface area contributed by atoms with Crippen LogP contribution in [0.25, 0.3) is 16.7 Å². The van der Waals surface area contributed by atoms with Gasteiger partial charge in [-0.25, -0.2) is 15.0 Å². The Morgan fingerprint density at radius 3 is 3.14 bits per heavy atom. The molecule has 4 nitrogen and oxygen atoms in total. The highest BCUT2D eigenvalue weighted by Crippen LogP contribution is 2.19. The van der Waals surface area contributed by atoms with Gasteiger partial charge >= 0.3 is 0 Å². The van der Waals surface area contributed by atoms with E-state index in [1.807, 2.05) is 16.5 Å². The molecule has 0 atom stereocenters. The fraction of sp³-hybridized carbons (Fsp3) is 0. The van der Waals surface area contributed by atoms with Crippen LogP contribution in [0.1, 0.15) is 0 Å². The van der Waals surface area contributed by atoms with Crippen molar-refractivity contribution >= 4 is 28.3 Å². The Labute approximate surface area is 84.2 Å². The average molecular weight is 205 g/mol. The molecule has 0 N–H and O–H groups in total. The molecule has 3 aromatic heterocycles. The first-order chi connectivity index (χ1) is 6.86. The van der Waals surface area contributed by atoms with Crippen molar-refractivity contribution in [1.82, 2.24) is 19.4 Å². The Hall–Kier alpha value is -1.68. The zero-order valence-corrected chi connectivity index (χ0v) is 7.81. The van der Waals surface area contributed by atoms with Crippen LogP contribution in [-0.4, -0.2) is 19.4 Å². The van der Waals surface area contributed by atoms with Crippen LogP contribution in [0, 0.1) is 0 Å². The number of pyridine rings is 1. The van der Waals surface area contributed by atoms with Crippen LogP contribution < -0.4 is 0 Å². The van der Waals surface area contributed by atoms with E-state index in [2.05, 4.69) is 15.0 Å². The van der Waals surface area contributed by atoms with Crippen molar-refractivity contribution < 1.29 is 0 Å². The minimum absolute atomic E-state index is 0.425. The molecule has 0 aliphatic carbocycles. The van der Waals surface area contributed by atoms with Crippen molar-refractivity contribution in [2.75, 3.05) is 0 Å². The molecule has 3 rings (SSSR count). The summed E-state index contributed by atoms with van der Waals surface area (Å²) in [6, 6.07) is 3.79. The quantitative estimate of drug-likeness (QED) is 0.562. The summed E-state index contributed by atoms with van der Waals surface area (Å²) in [6.45, 7) is 0. The largest absolute Gasteiger partial charge is 0.293 e. The molecule has 3 heterocycles. The first kappa shape index (κ1) is 7.70. The molecule has 0 amide bonds. The van der Waals surface area contributed by atoms with E-state index < -0.39 is 0 Å². The Kier molecular flexibility index (Phi) is 1.46. The predicted octanol–water partition coefficient (Wildman–Crippen LogP) is 1.93. The standard InChI is InChI=1S/C9H5ClN4/c10-8-7-4-11-5-14(7)6-2-1-3-12-9(6)13-8/h1-5H. The molecule has 68 valence electrons. The van der Waals surface area contributed by atoms with Crippen LogP contribution in [0.5, 0.6) is 0 Å². The average Bonchev–Trinajstić information content (AvgIpc) is 2.67. The van der Waals surface area contributed by atoms with Crippen LogP contribution >= 0.6 is 11.6 Å². The van der Waals surface area contributed by atoms with Crippen molar-refractivity contribution in [1.29, 1.82) is 0 Å². The van der Waals surface area contributed by atoms with Gasteiger partial charge < -0.3 is 0 Å². The number of fused-ring (bicyclic) bond motifs is 3. The third kappa shape index (κ3) is 0.914. The molecule has 14 heavy (non-hydrogen) atoms. The van der Waals surface area contributed by atoms with Crippen molar-refractivity contribution in [3.8, 4) is 0 Å². The zero-order valence-electron chi connectivity index (χ0n) is 7.05. The first-order valence-electron chi connectivity index (χ1n) is 4.08. The number of hydrogen-bond acceptors (Lipinski definition) is 3. The Morgan fingerprint density at radius 2 is 2.21 bits per heavy atom. The lowest BCUT2D eigenvalue weighted by Crippen LogP contribution is -1.92. The number of hydrogen-bond donors (Lipinski definition) is 0. The van der Waals surface area contributed by atoms with E-state index in [1.165, 1.54) is 0 Å². The van der Waals surface area contributed by atoms with E-state index in [0.717, 1.165) is 11.0 Å². The van der Waals surface area contributed by atoms with Gasteiger partial charge in [0.2, 0.25) is 0 Å². The van der Waals surface area contributed by atoms with Crippen molar-refractivity contribution in [3.63, 3.8) is 0 Å². The molecule has 0 aliphatic rings. The molecular formula is C9H5ClN4. The number of imidazole rings is 1. The molecule has 0 fully saturated rings. The zero-order chi connectivity index (χ0) is 9.54. The molecule has 5 heteroatoms. The van der Waals surface area contributed by atoms with Gasteiger partial charge in [0.25, 0.3) is 0 Å². The minimum Gasteiger partial charge on any atom is -0.293 e. The van der Waals surface area contributed by atoms with Crippen LogP contribution in [0.4, 0.5) is 0 Å². The molecule has 0 bridgehead atoms. The fourth-order valence-corrected chi connectivity index (χ4v) is 1.67. The number of nitrogens with zero attached hydrogens (tertiary/aromatic N) is 4. The second-order valence-electron chi connectivity index (χ2n) is 2.90. The van der Waals surface area contributed by atoms with Gasteiger partial charge in [-0.05, 0) is 12.1 Å². The van der Waals surface area contributed by atoms with Crippen molar-refractivity contribution in [2.45, 2.75) is 0 Å². The first-order valence-corrected chi connectivity index (χ1v) is 4.46. The summed E-state index contributed by atoms with van der Waals surface area (Å²) in [5.74, 6) is 0. The maximum Gasteiger partial charge on any atom is 0.178 e. The van der Waals surface area contributed by atoms with E-state index in [0.29, 0.717) is 10.8 Å². The van der Waals surface area contributed by atoms with Crippen LogP contribution in [0.3, 0.4) is 0 Å². The van der Waals surface area contributed by atoms with Gasteiger partial charge in [0.15, 0.2) is 10.8 Å². The maximum atomic E-state index is 5.97. The molecule has 0 saturated carbocycles. The van der Waals surface area contributed by atoms with Gasteiger partial charge in [-0.3, -0.25) is 4.40 Å². The Morgan fingerprint density at radius 1 is 1.29 bits per heavy atom. The van der Waals surface area contributed by atoms with E-state index in [9.17, 15) is 0 Å². The minimum atomic E-state index is 0.425. The Bertz CT molecular complexity index is 616. The molecule has 0 radical (unpaired) electrons. The highest BCUT2D eigenvalue weighted by atomic mass is 35.5. The highest BCUT2D eigenvalue weighted by molar-refractivity contribution is 6.32. The molecule has 3 aromatic rings. The molecule has 0 aromatic carbocycles. The summed E-state index contributed by atoms with van der Waals surface area (Å²) in [6.07, 6.45) is 5.07. The van der Waals surface area contributed by atoms with Crippen molar-refractivity contribution in [3.05, 3.63) is 36.0 Å². The Balaban J connectivity index is 2.66. The van der Waals surface area contributed by atoms with E-state index in [1.54, 1.807) is 18.7 Å². The van der Waals surface area contributed by atoms with Crippen LogP contribution in [0.15, 0.2) is 30.9 Å². The summed E-state index contributed by atoms with van der Waals surface area (Å²) in [5, 5.41) is 0.425. The fourth-order valence-electron chi connectivity index (χ4n) is 1.45. The van der Waals surface area contributed by atoms with Gasteiger partial charge in [0.05, 0.1) is 18.0 Å². The number of aromatic nitrogens is 4. The summed E-state index contributed by atoms with van der Waals surface area (Å²) >= 11 is 5.97. The smallest absolute Gasteiger partial charge is 0.178 e. The summed E-state index contributed by atoms with van der Waals surface area (Å²) in [4.78, 5) is 12.3. The molecule has 0 unspecified atom stereocenters. The molecule has 0 spiro atoms. The van der Waals surface area contributed by atoms with Crippen LogP contribution in [-0.2, 0) is 0 Å². The second-order valence-corrected chi connectivity index (χ2v) is 3.26. The predicted molar refractivity (Wildman–Crippen MR) is 53.3 cm³/mol. The van der Waals surface area contributed by atoms with E-state index in [4.69, 9.17) is 11.6 Å². The summed E-state index contributed by atoms with van der Waals surface area (Å²) in [7, 11) is 0. The van der Waals surface area contributed by atoms with Gasteiger partial charge in [0, 0.05) is 6.20 Å². The third-order valence-corrected chi connectivity index (χ3v) is 2.36. The topological polar surface area (TPSA) is 43.1 Å². The van der Waals surface area contributed by atoms with E-state index >= 15 is 0 Å². The molecule has 0 saturated heterocycles. The third-order valence-electron chi connectivity index (χ3n) is 2.08. The van der Waals surface area contributed by atoms with Crippen molar-refractivity contribution in [2.24, 2.45) is 0 Å². The molecular weight excluding hydrogens is 200 g/mol. The molecule has 0 aliphatic heterocycles. The number of halogens is 1. The second kappa shape index (κ2) is 2.65. The normalized spacial score (nSPS) is 11.2.